The van der Waals surface area contributed by atoms with Gasteiger partial charge in [0.1, 0.15) is 5.82 Å². The molecule has 0 heterocycles. The summed E-state index contributed by atoms with van der Waals surface area (Å²) in [5.74, 6) is -1.34. The second kappa shape index (κ2) is 6.62. The quantitative estimate of drug-likeness (QED) is 0.523. The van der Waals surface area contributed by atoms with Crippen molar-refractivity contribution in [2.45, 2.75) is 19.9 Å². The number of nitro groups is 1. The molecule has 0 amide bonds. The van der Waals surface area contributed by atoms with E-state index in [9.17, 15) is 19.3 Å². The zero-order valence-electron chi connectivity index (χ0n) is 11.3. The minimum Gasteiger partial charge on any atom is -0.469 e. The smallest absolute Gasteiger partial charge is 0.313 e. The average molecular weight is 307 g/mol. The minimum absolute atomic E-state index is 0. The summed E-state index contributed by atoms with van der Waals surface area (Å²) in [4.78, 5) is 21.8. The van der Waals surface area contributed by atoms with Crippen LogP contribution in [0.5, 0.6) is 0 Å². The Bertz CT molecular complexity index is 522. The maximum atomic E-state index is 13.1. The van der Waals surface area contributed by atoms with Crippen LogP contribution in [0.4, 0.5) is 10.1 Å². The van der Waals surface area contributed by atoms with Crippen molar-refractivity contribution in [3.8, 4) is 0 Å². The summed E-state index contributed by atoms with van der Waals surface area (Å²) in [6.45, 7) is 3.02. The number of benzene rings is 1. The Balaban J connectivity index is 0.00000361. The molecule has 20 heavy (non-hydrogen) atoms. The standard InChI is InChI=1S/C12H15FN2O4.ClH/c1-12(2,11(16)19-3)10(14)8-5-4-7(13)6-9(8)15(17)18;/h4-6,10H,14H2,1-3H3;1H/t10-;/m0./s1. The van der Waals surface area contributed by atoms with Crippen LogP contribution in [-0.4, -0.2) is 18.0 Å². The highest BCUT2D eigenvalue weighted by atomic mass is 35.5. The molecule has 8 heteroatoms. The summed E-state index contributed by atoms with van der Waals surface area (Å²) in [7, 11) is 1.20. The first-order valence-electron chi connectivity index (χ1n) is 5.49. The molecule has 2 N–H and O–H groups in total. The molecule has 0 spiro atoms. The van der Waals surface area contributed by atoms with Crippen LogP contribution in [0.25, 0.3) is 0 Å². The predicted molar refractivity (Wildman–Crippen MR) is 73.0 cm³/mol. The van der Waals surface area contributed by atoms with E-state index in [2.05, 4.69) is 4.74 Å². The Morgan fingerprint density at radius 2 is 2.05 bits per heavy atom. The van der Waals surface area contributed by atoms with Gasteiger partial charge in [-0.2, -0.15) is 0 Å². The van der Waals surface area contributed by atoms with Gasteiger partial charge < -0.3 is 10.5 Å². The number of halogens is 2. The van der Waals surface area contributed by atoms with Gasteiger partial charge in [0.05, 0.1) is 29.6 Å². The van der Waals surface area contributed by atoms with E-state index in [0.29, 0.717) is 0 Å². The van der Waals surface area contributed by atoms with Crippen molar-refractivity contribution in [3.05, 3.63) is 39.7 Å². The van der Waals surface area contributed by atoms with E-state index in [4.69, 9.17) is 5.73 Å². The average Bonchev–Trinajstić information content (AvgIpc) is 2.36. The van der Waals surface area contributed by atoms with Crippen molar-refractivity contribution in [1.82, 2.24) is 0 Å². The Morgan fingerprint density at radius 1 is 1.50 bits per heavy atom. The molecule has 0 bridgehead atoms. The number of carbonyl (C=O) groups is 1. The largest absolute Gasteiger partial charge is 0.469 e. The summed E-state index contributed by atoms with van der Waals surface area (Å²) in [6.07, 6.45) is 0. The van der Waals surface area contributed by atoms with Crippen molar-refractivity contribution < 1.29 is 18.8 Å². The lowest BCUT2D eigenvalue weighted by Gasteiger charge is -2.28. The van der Waals surface area contributed by atoms with Crippen LogP contribution in [-0.2, 0) is 9.53 Å². The van der Waals surface area contributed by atoms with Crippen molar-refractivity contribution >= 4 is 24.1 Å². The molecule has 0 aromatic heterocycles. The molecule has 1 aromatic carbocycles. The zero-order valence-corrected chi connectivity index (χ0v) is 12.1. The van der Waals surface area contributed by atoms with Gasteiger partial charge in [-0.25, -0.2) is 4.39 Å². The first kappa shape index (κ1) is 18.3. The van der Waals surface area contributed by atoms with Gasteiger partial charge in [0.2, 0.25) is 0 Å². The first-order valence-corrected chi connectivity index (χ1v) is 5.49. The third kappa shape index (κ3) is 3.43. The van der Waals surface area contributed by atoms with Gasteiger partial charge in [0, 0.05) is 5.56 Å². The number of hydrogen-bond donors (Lipinski definition) is 1. The summed E-state index contributed by atoms with van der Waals surface area (Å²) in [6, 6.07) is 2.07. The molecule has 0 unspecified atom stereocenters. The lowest BCUT2D eigenvalue weighted by Crippen LogP contribution is -2.37. The fourth-order valence-corrected chi connectivity index (χ4v) is 1.72. The summed E-state index contributed by atoms with van der Waals surface area (Å²) in [5.41, 5.74) is 4.37. The topological polar surface area (TPSA) is 95.5 Å². The van der Waals surface area contributed by atoms with E-state index >= 15 is 0 Å². The van der Waals surface area contributed by atoms with E-state index in [0.717, 1.165) is 12.1 Å². The number of nitrogens with zero attached hydrogens (tertiary/aromatic N) is 1. The van der Waals surface area contributed by atoms with Gasteiger partial charge in [0.25, 0.3) is 5.69 Å². The number of carbonyl (C=O) groups excluding carboxylic acids is 1. The molecule has 1 aromatic rings. The molecule has 0 fully saturated rings. The van der Waals surface area contributed by atoms with Crippen molar-refractivity contribution in [3.63, 3.8) is 0 Å². The Morgan fingerprint density at radius 3 is 2.50 bits per heavy atom. The molecule has 1 atom stereocenters. The van der Waals surface area contributed by atoms with Crippen LogP contribution in [0.2, 0.25) is 0 Å². The second-order valence-electron chi connectivity index (χ2n) is 4.65. The van der Waals surface area contributed by atoms with Crippen molar-refractivity contribution in [1.29, 1.82) is 0 Å². The molecule has 1 rings (SSSR count). The van der Waals surface area contributed by atoms with E-state index in [1.165, 1.54) is 27.0 Å². The second-order valence-corrected chi connectivity index (χ2v) is 4.65. The van der Waals surface area contributed by atoms with E-state index < -0.39 is 33.9 Å². The van der Waals surface area contributed by atoms with Crippen molar-refractivity contribution in [2.24, 2.45) is 11.1 Å². The number of nitro benzene ring substituents is 1. The third-order valence-electron chi connectivity index (χ3n) is 3.01. The fourth-order valence-electron chi connectivity index (χ4n) is 1.72. The van der Waals surface area contributed by atoms with E-state index in [-0.39, 0.29) is 18.0 Å². The SMILES string of the molecule is COC(=O)C(C)(C)[C@@H](N)c1ccc(F)cc1[N+](=O)[O-].Cl. The molecular formula is C12H16ClFN2O4. The first-order chi connectivity index (χ1) is 8.71. The molecule has 0 saturated carbocycles. The van der Waals surface area contributed by atoms with Gasteiger partial charge in [-0.05, 0) is 26.0 Å². The molecule has 0 aliphatic rings. The molecule has 0 radical (unpaired) electrons. The number of nitrogens with two attached hydrogens (primary N) is 1. The molecular weight excluding hydrogens is 291 g/mol. The minimum atomic E-state index is -1.17. The van der Waals surface area contributed by atoms with Crippen LogP contribution in [0.15, 0.2) is 18.2 Å². The normalized spacial score (nSPS) is 12.2. The number of methoxy groups -OCH3 is 1. The highest BCUT2D eigenvalue weighted by Gasteiger charge is 2.39. The predicted octanol–water partition coefficient (Wildman–Crippen LogP) is 2.35. The lowest BCUT2D eigenvalue weighted by molar-refractivity contribution is -0.386. The fraction of sp³-hybridized carbons (Fsp3) is 0.417. The van der Waals surface area contributed by atoms with Gasteiger partial charge in [-0.1, -0.05) is 0 Å². The van der Waals surface area contributed by atoms with Crippen LogP contribution in [0.3, 0.4) is 0 Å². The molecule has 112 valence electrons. The van der Waals surface area contributed by atoms with Gasteiger partial charge in [-0.3, -0.25) is 14.9 Å². The molecule has 0 aliphatic heterocycles. The number of ether oxygens (including phenoxy) is 1. The van der Waals surface area contributed by atoms with E-state index in [1.807, 2.05) is 0 Å². The lowest BCUT2D eigenvalue weighted by atomic mass is 9.80. The van der Waals surface area contributed by atoms with Crippen LogP contribution >= 0.6 is 12.4 Å². The molecule has 6 nitrogen and oxygen atoms in total. The maximum absolute atomic E-state index is 13.1. The van der Waals surface area contributed by atoms with E-state index in [1.54, 1.807) is 0 Å². The highest BCUT2D eigenvalue weighted by molar-refractivity contribution is 5.85. The third-order valence-corrected chi connectivity index (χ3v) is 3.01. The summed E-state index contributed by atoms with van der Waals surface area (Å²) >= 11 is 0. The summed E-state index contributed by atoms with van der Waals surface area (Å²) in [5, 5.41) is 10.9. The molecule has 0 saturated heterocycles. The Kier molecular flexibility index (Phi) is 6.05. The van der Waals surface area contributed by atoms with Crippen LogP contribution < -0.4 is 5.73 Å². The zero-order chi connectivity index (χ0) is 14.8. The number of esters is 1. The van der Waals surface area contributed by atoms with Crippen molar-refractivity contribution in [2.75, 3.05) is 7.11 Å². The van der Waals surface area contributed by atoms with Gasteiger partial charge in [-0.15, -0.1) is 12.4 Å². The summed E-state index contributed by atoms with van der Waals surface area (Å²) < 4.78 is 17.7. The Labute approximate surface area is 121 Å². The number of rotatable bonds is 4. The van der Waals surface area contributed by atoms with Gasteiger partial charge >= 0.3 is 5.97 Å². The van der Waals surface area contributed by atoms with Gasteiger partial charge in [0.15, 0.2) is 0 Å². The maximum Gasteiger partial charge on any atom is 0.313 e. The highest BCUT2D eigenvalue weighted by Crippen LogP contribution is 2.37. The Hall–Kier alpha value is -1.73. The monoisotopic (exact) mass is 306 g/mol. The molecule has 0 aliphatic carbocycles. The van der Waals surface area contributed by atoms with Crippen LogP contribution in [0.1, 0.15) is 25.5 Å². The van der Waals surface area contributed by atoms with Crippen LogP contribution in [0, 0.1) is 21.3 Å². The number of hydrogen-bond acceptors (Lipinski definition) is 5.